The Balaban J connectivity index is 2.27. The first-order valence-corrected chi connectivity index (χ1v) is 6.96. The molecule has 0 bridgehead atoms. The van der Waals surface area contributed by atoms with Crippen LogP contribution in [0.15, 0.2) is 18.2 Å². The SMILES string of the molecule is CNC1C(=O)Nc2cc(N(CCOC)C(C)C)ccc21. The smallest absolute Gasteiger partial charge is 0.246 e. The van der Waals surface area contributed by atoms with E-state index in [2.05, 4.69) is 35.4 Å². The zero-order chi connectivity index (χ0) is 14.7. The molecule has 0 spiro atoms. The Kier molecular flexibility index (Phi) is 4.62. The third kappa shape index (κ3) is 2.78. The molecule has 0 fully saturated rings. The molecule has 1 aromatic rings. The summed E-state index contributed by atoms with van der Waals surface area (Å²) in [6.07, 6.45) is 0. The van der Waals surface area contributed by atoms with E-state index in [0.29, 0.717) is 12.6 Å². The molecule has 0 saturated heterocycles. The third-order valence-corrected chi connectivity index (χ3v) is 3.65. The van der Waals surface area contributed by atoms with Crippen LogP contribution in [-0.2, 0) is 9.53 Å². The normalized spacial score (nSPS) is 17.2. The second-order valence-electron chi connectivity index (χ2n) is 5.26. The fourth-order valence-corrected chi connectivity index (χ4v) is 2.59. The van der Waals surface area contributed by atoms with Crippen molar-refractivity contribution in [3.63, 3.8) is 0 Å². The Hall–Kier alpha value is -1.59. The van der Waals surface area contributed by atoms with E-state index < -0.39 is 0 Å². The van der Waals surface area contributed by atoms with Crippen molar-refractivity contribution in [1.29, 1.82) is 0 Å². The highest BCUT2D eigenvalue weighted by Gasteiger charge is 2.29. The Morgan fingerprint density at radius 1 is 1.45 bits per heavy atom. The van der Waals surface area contributed by atoms with Crippen molar-refractivity contribution in [2.45, 2.75) is 25.9 Å². The molecule has 2 rings (SSSR count). The average molecular weight is 277 g/mol. The zero-order valence-electron chi connectivity index (χ0n) is 12.6. The Bertz CT molecular complexity index is 488. The summed E-state index contributed by atoms with van der Waals surface area (Å²) in [6, 6.07) is 6.26. The van der Waals surface area contributed by atoms with Crippen molar-refractivity contribution in [3.05, 3.63) is 23.8 Å². The van der Waals surface area contributed by atoms with Crippen molar-refractivity contribution in [2.24, 2.45) is 0 Å². The van der Waals surface area contributed by atoms with E-state index in [0.717, 1.165) is 23.5 Å². The molecule has 0 saturated carbocycles. The van der Waals surface area contributed by atoms with Gasteiger partial charge in [0, 0.05) is 36.6 Å². The molecule has 1 aliphatic rings. The van der Waals surface area contributed by atoms with Crippen LogP contribution in [0.4, 0.5) is 11.4 Å². The van der Waals surface area contributed by atoms with Crippen molar-refractivity contribution in [1.82, 2.24) is 5.32 Å². The van der Waals surface area contributed by atoms with Gasteiger partial charge in [0.15, 0.2) is 0 Å². The lowest BCUT2D eigenvalue weighted by atomic mass is 10.1. The molecule has 0 radical (unpaired) electrons. The summed E-state index contributed by atoms with van der Waals surface area (Å²) < 4.78 is 5.17. The fourth-order valence-electron chi connectivity index (χ4n) is 2.59. The fraction of sp³-hybridized carbons (Fsp3) is 0.533. The highest BCUT2D eigenvalue weighted by Crippen LogP contribution is 2.34. The van der Waals surface area contributed by atoms with Gasteiger partial charge in [0.25, 0.3) is 0 Å². The average Bonchev–Trinajstić information content (AvgIpc) is 2.73. The van der Waals surface area contributed by atoms with Crippen LogP contribution in [0.5, 0.6) is 0 Å². The van der Waals surface area contributed by atoms with E-state index in [9.17, 15) is 4.79 Å². The lowest BCUT2D eigenvalue weighted by Crippen LogP contribution is -2.33. The number of carbonyl (C=O) groups is 1. The highest BCUT2D eigenvalue weighted by molar-refractivity contribution is 6.03. The molecule has 1 amide bonds. The van der Waals surface area contributed by atoms with Crippen molar-refractivity contribution in [2.75, 3.05) is 37.5 Å². The lowest BCUT2D eigenvalue weighted by molar-refractivity contribution is -0.117. The molecule has 1 atom stereocenters. The standard InChI is InChI=1S/C15H23N3O2/c1-10(2)18(7-8-20-4)11-5-6-12-13(9-11)17-15(19)14(12)16-3/h5-6,9-10,14,16H,7-8H2,1-4H3,(H,17,19). The van der Waals surface area contributed by atoms with Crippen molar-refractivity contribution >= 4 is 17.3 Å². The number of nitrogens with one attached hydrogen (secondary N) is 2. The van der Waals surface area contributed by atoms with Crippen molar-refractivity contribution in [3.8, 4) is 0 Å². The summed E-state index contributed by atoms with van der Waals surface area (Å²) in [5, 5.41) is 5.96. The first kappa shape index (κ1) is 14.8. The molecule has 2 N–H and O–H groups in total. The van der Waals surface area contributed by atoms with Crippen LogP contribution >= 0.6 is 0 Å². The molecule has 1 aromatic carbocycles. The number of fused-ring (bicyclic) bond motifs is 1. The highest BCUT2D eigenvalue weighted by atomic mass is 16.5. The van der Waals surface area contributed by atoms with Gasteiger partial charge in [-0.15, -0.1) is 0 Å². The second-order valence-corrected chi connectivity index (χ2v) is 5.26. The van der Waals surface area contributed by atoms with Gasteiger partial charge in [-0.05, 0) is 33.0 Å². The Morgan fingerprint density at radius 3 is 2.80 bits per heavy atom. The van der Waals surface area contributed by atoms with Crippen molar-refractivity contribution < 1.29 is 9.53 Å². The first-order valence-electron chi connectivity index (χ1n) is 6.96. The minimum Gasteiger partial charge on any atom is -0.383 e. The van der Waals surface area contributed by atoms with Gasteiger partial charge < -0.3 is 20.3 Å². The number of carbonyl (C=O) groups excluding carboxylic acids is 1. The molecule has 20 heavy (non-hydrogen) atoms. The van der Waals surface area contributed by atoms with Crippen LogP contribution < -0.4 is 15.5 Å². The Labute approximate surface area is 120 Å². The quantitative estimate of drug-likeness (QED) is 0.832. The maximum Gasteiger partial charge on any atom is 0.246 e. The van der Waals surface area contributed by atoms with Gasteiger partial charge in [-0.2, -0.15) is 0 Å². The number of likely N-dealkylation sites (N-methyl/N-ethyl adjacent to an activating group) is 1. The van der Waals surface area contributed by atoms with Gasteiger partial charge in [0.1, 0.15) is 6.04 Å². The van der Waals surface area contributed by atoms with E-state index in [1.807, 2.05) is 12.1 Å². The molecule has 5 heteroatoms. The molecule has 1 aliphatic heterocycles. The molecule has 5 nitrogen and oxygen atoms in total. The van der Waals surface area contributed by atoms with Crippen LogP contribution in [0.3, 0.4) is 0 Å². The summed E-state index contributed by atoms with van der Waals surface area (Å²) in [5.74, 6) is 0.00707. The van der Waals surface area contributed by atoms with Gasteiger partial charge in [-0.25, -0.2) is 0 Å². The minimum atomic E-state index is -0.245. The number of rotatable bonds is 6. The minimum absolute atomic E-state index is 0.00707. The van der Waals surface area contributed by atoms with E-state index in [-0.39, 0.29) is 11.9 Å². The monoisotopic (exact) mass is 277 g/mol. The number of anilines is 2. The first-order chi connectivity index (χ1) is 9.58. The number of methoxy groups -OCH3 is 1. The maximum absolute atomic E-state index is 11.8. The van der Waals surface area contributed by atoms with Crippen LogP contribution in [0.2, 0.25) is 0 Å². The summed E-state index contributed by atoms with van der Waals surface area (Å²) >= 11 is 0. The summed E-state index contributed by atoms with van der Waals surface area (Å²) in [7, 11) is 3.51. The van der Waals surface area contributed by atoms with Crippen LogP contribution in [0.25, 0.3) is 0 Å². The van der Waals surface area contributed by atoms with E-state index in [4.69, 9.17) is 4.74 Å². The van der Waals surface area contributed by atoms with Crippen LogP contribution in [0, 0.1) is 0 Å². The number of amides is 1. The van der Waals surface area contributed by atoms with E-state index in [1.54, 1.807) is 14.2 Å². The summed E-state index contributed by atoms with van der Waals surface area (Å²) in [4.78, 5) is 14.1. The largest absolute Gasteiger partial charge is 0.383 e. The topological polar surface area (TPSA) is 53.6 Å². The summed E-state index contributed by atoms with van der Waals surface area (Å²) in [5.41, 5.74) is 3.01. The van der Waals surface area contributed by atoms with Gasteiger partial charge in [0.05, 0.1) is 6.61 Å². The predicted molar refractivity (Wildman–Crippen MR) is 81.2 cm³/mol. The molecule has 0 aromatic heterocycles. The van der Waals surface area contributed by atoms with Gasteiger partial charge in [-0.3, -0.25) is 4.79 Å². The van der Waals surface area contributed by atoms with Gasteiger partial charge >= 0.3 is 0 Å². The number of benzene rings is 1. The van der Waals surface area contributed by atoms with Gasteiger partial charge in [-0.1, -0.05) is 6.07 Å². The molecule has 1 heterocycles. The van der Waals surface area contributed by atoms with Gasteiger partial charge in [0.2, 0.25) is 5.91 Å². The number of hydrogen-bond donors (Lipinski definition) is 2. The number of ether oxygens (including phenoxy) is 1. The summed E-state index contributed by atoms with van der Waals surface area (Å²) in [6.45, 7) is 5.81. The lowest BCUT2D eigenvalue weighted by Gasteiger charge is -2.29. The Morgan fingerprint density at radius 2 is 2.20 bits per heavy atom. The predicted octanol–water partition coefficient (Wildman–Crippen LogP) is 1.76. The maximum atomic E-state index is 11.8. The number of hydrogen-bond acceptors (Lipinski definition) is 4. The molecular formula is C15H23N3O2. The van der Waals surface area contributed by atoms with E-state index >= 15 is 0 Å². The molecule has 0 aliphatic carbocycles. The molecule has 110 valence electrons. The van der Waals surface area contributed by atoms with E-state index in [1.165, 1.54) is 0 Å². The van der Waals surface area contributed by atoms with Crippen LogP contribution in [-0.4, -0.2) is 39.3 Å². The number of nitrogens with zero attached hydrogens (tertiary/aromatic N) is 1. The second kappa shape index (κ2) is 6.24. The molecular weight excluding hydrogens is 254 g/mol. The van der Waals surface area contributed by atoms with Crippen LogP contribution in [0.1, 0.15) is 25.5 Å². The third-order valence-electron chi connectivity index (χ3n) is 3.65. The zero-order valence-corrected chi connectivity index (χ0v) is 12.6. The molecule has 1 unspecified atom stereocenters.